The highest BCUT2D eigenvalue weighted by Gasteiger charge is 2.31. The lowest BCUT2D eigenvalue weighted by Gasteiger charge is -2.33. The number of aromatic nitrogens is 1. The molecule has 1 aromatic heterocycles. The zero-order valence-corrected chi connectivity index (χ0v) is 24.7. The monoisotopic (exact) mass is 595 g/mol. The Morgan fingerprint density at radius 2 is 1.67 bits per heavy atom. The van der Waals surface area contributed by atoms with Crippen molar-refractivity contribution in [3.8, 4) is 0 Å². The van der Waals surface area contributed by atoms with E-state index in [-0.39, 0.29) is 56.0 Å². The van der Waals surface area contributed by atoms with Gasteiger partial charge in [0.15, 0.2) is 5.13 Å². The van der Waals surface area contributed by atoms with Gasteiger partial charge in [-0.1, -0.05) is 23.5 Å². The first-order valence-corrected chi connectivity index (χ1v) is 14.8. The quantitative estimate of drug-likeness (QED) is 0.371. The third kappa shape index (κ3) is 7.25. The molecule has 2 aromatic carbocycles. The van der Waals surface area contributed by atoms with Gasteiger partial charge in [-0.3, -0.25) is 9.69 Å². The molecule has 10 nitrogen and oxygen atoms in total. The minimum atomic E-state index is -3.77. The molecule has 0 N–H and O–H groups in total. The summed E-state index contributed by atoms with van der Waals surface area (Å²) in [6, 6.07) is 13.8. The molecule has 4 rings (SSSR count). The smallest absolute Gasteiger partial charge is 0.409 e. The Morgan fingerprint density at radius 3 is 2.28 bits per heavy atom. The number of thiazole rings is 1. The van der Waals surface area contributed by atoms with Crippen LogP contribution < -0.4 is 4.90 Å². The number of rotatable bonds is 9. The first kappa shape index (κ1) is 30.8. The number of halogens is 1. The Balaban J connectivity index is 0.00000420. The van der Waals surface area contributed by atoms with Crippen molar-refractivity contribution in [2.24, 2.45) is 0 Å². The second-order valence-electron chi connectivity index (χ2n) is 9.19. The summed E-state index contributed by atoms with van der Waals surface area (Å²) in [5.41, 5.74) is 1.22. The Kier molecular flexibility index (Phi) is 10.7. The van der Waals surface area contributed by atoms with Gasteiger partial charge >= 0.3 is 6.09 Å². The number of anilines is 1. The lowest BCUT2D eigenvalue weighted by Crippen LogP contribution is -2.50. The summed E-state index contributed by atoms with van der Waals surface area (Å²) in [7, 11) is 0.206. The molecule has 0 atom stereocenters. The number of piperazine rings is 1. The summed E-state index contributed by atoms with van der Waals surface area (Å²) >= 11 is 1.46. The first-order valence-electron chi connectivity index (χ1n) is 12.5. The van der Waals surface area contributed by atoms with Gasteiger partial charge in [-0.05, 0) is 70.4 Å². The maximum Gasteiger partial charge on any atom is 0.409 e. The minimum Gasteiger partial charge on any atom is -0.450 e. The lowest BCUT2D eigenvalue weighted by atomic mass is 10.2. The van der Waals surface area contributed by atoms with Gasteiger partial charge < -0.3 is 14.5 Å². The van der Waals surface area contributed by atoms with Crippen molar-refractivity contribution in [1.29, 1.82) is 0 Å². The predicted octanol–water partition coefficient (Wildman–Crippen LogP) is 3.78. The summed E-state index contributed by atoms with van der Waals surface area (Å²) in [5, 5.41) is 0.617. The van der Waals surface area contributed by atoms with Crippen LogP contribution in [0.5, 0.6) is 0 Å². The Labute approximate surface area is 239 Å². The topological polar surface area (TPSA) is 103 Å². The fourth-order valence-corrected chi connectivity index (χ4v) is 6.62. The molecule has 0 saturated carbocycles. The molecule has 212 valence electrons. The van der Waals surface area contributed by atoms with E-state index in [1.807, 2.05) is 38.4 Å². The number of carbonyl (C=O) groups excluding carboxylic acids is 2. The third-order valence-electron chi connectivity index (χ3n) is 6.25. The minimum absolute atomic E-state index is 0. The standard InChI is InChI=1S/C26H33N5O5S2.ClH/c1-4-36-26(33)29-16-18-30(19-17-29)38(34,35)21-12-10-20(11-13-21)24(32)31(15-7-14-28(2)3)25-27-22-8-5-6-9-23(22)37-25;/h5-6,8-13H,4,7,14-19H2,1-3H3;1H. The van der Waals surface area contributed by atoms with Crippen LogP contribution in [0, 0.1) is 0 Å². The van der Waals surface area contributed by atoms with Gasteiger partial charge in [0, 0.05) is 38.3 Å². The van der Waals surface area contributed by atoms with Gasteiger partial charge in [0.05, 0.1) is 21.7 Å². The molecule has 0 spiro atoms. The van der Waals surface area contributed by atoms with Gasteiger partial charge in [0.25, 0.3) is 5.91 Å². The molecular formula is C26H34ClN5O5S2. The lowest BCUT2D eigenvalue weighted by molar-refractivity contribution is 0.0933. The van der Waals surface area contributed by atoms with Crippen LogP contribution in [0.1, 0.15) is 23.7 Å². The van der Waals surface area contributed by atoms with Crippen molar-refractivity contribution in [3.05, 3.63) is 54.1 Å². The number of hydrogen-bond acceptors (Lipinski definition) is 8. The molecule has 1 aliphatic rings. The van der Waals surface area contributed by atoms with E-state index in [2.05, 4.69) is 9.88 Å². The van der Waals surface area contributed by atoms with E-state index >= 15 is 0 Å². The van der Waals surface area contributed by atoms with Gasteiger partial charge in [0.2, 0.25) is 10.0 Å². The molecule has 0 radical (unpaired) electrons. The molecule has 0 bridgehead atoms. The van der Waals surface area contributed by atoms with Crippen LogP contribution in [0.25, 0.3) is 10.2 Å². The average Bonchev–Trinajstić information content (AvgIpc) is 3.35. The molecule has 2 heterocycles. The molecular weight excluding hydrogens is 562 g/mol. The number of amides is 2. The molecule has 2 amide bonds. The summed E-state index contributed by atoms with van der Waals surface area (Å²) < 4.78 is 33.8. The Bertz CT molecular complexity index is 1340. The maximum atomic E-state index is 13.6. The molecule has 1 aliphatic heterocycles. The van der Waals surface area contributed by atoms with Crippen molar-refractivity contribution in [1.82, 2.24) is 19.1 Å². The SMILES string of the molecule is CCOC(=O)N1CCN(S(=O)(=O)c2ccc(C(=O)N(CCCN(C)C)c3nc4ccccc4s3)cc2)CC1.Cl. The van der Waals surface area contributed by atoms with Crippen molar-refractivity contribution < 1.29 is 22.7 Å². The molecule has 3 aromatic rings. The second kappa shape index (κ2) is 13.5. The largest absolute Gasteiger partial charge is 0.450 e. The zero-order valence-electron chi connectivity index (χ0n) is 22.3. The van der Waals surface area contributed by atoms with Gasteiger partial charge in [-0.2, -0.15) is 4.31 Å². The number of carbonyl (C=O) groups is 2. The number of para-hydroxylation sites is 1. The highest BCUT2D eigenvalue weighted by molar-refractivity contribution is 7.89. The van der Waals surface area contributed by atoms with Crippen LogP contribution >= 0.6 is 23.7 Å². The van der Waals surface area contributed by atoms with Crippen molar-refractivity contribution in [3.63, 3.8) is 0 Å². The molecule has 13 heteroatoms. The van der Waals surface area contributed by atoms with Crippen LogP contribution in [0.15, 0.2) is 53.4 Å². The van der Waals surface area contributed by atoms with Gasteiger partial charge in [-0.15, -0.1) is 12.4 Å². The van der Waals surface area contributed by atoms with E-state index in [0.717, 1.165) is 23.2 Å². The average molecular weight is 596 g/mol. The third-order valence-corrected chi connectivity index (χ3v) is 9.22. The molecule has 0 unspecified atom stereocenters. The molecule has 1 fully saturated rings. The number of ether oxygens (including phenoxy) is 1. The fourth-order valence-electron chi connectivity index (χ4n) is 4.20. The Hall–Kier alpha value is -2.77. The predicted molar refractivity (Wildman–Crippen MR) is 156 cm³/mol. The van der Waals surface area contributed by atoms with E-state index in [9.17, 15) is 18.0 Å². The van der Waals surface area contributed by atoms with Crippen LogP contribution in [0.2, 0.25) is 0 Å². The number of nitrogens with zero attached hydrogens (tertiary/aromatic N) is 5. The first-order chi connectivity index (χ1) is 18.2. The number of fused-ring (bicyclic) bond motifs is 1. The van der Waals surface area contributed by atoms with Crippen molar-refractivity contribution in [2.75, 3.05) is 64.9 Å². The second-order valence-corrected chi connectivity index (χ2v) is 12.1. The zero-order chi connectivity index (χ0) is 27.3. The molecule has 0 aliphatic carbocycles. The van der Waals surface area contributed by atoms with Crippen LogP contribution in [-0.4, -0.2) is 99.5 Å². The van der Waals surface area contributed by atoms with Crippen LogP contribution in [-0.2, 0) is 14.8 Å². The van der Waals surface area contributed by atoms with E-state index in [1.165, 1.54) is 32.7 Å². The van der Waals surface area contributed by atoms with Crippen LogP contribution in [0.3, 0.4) is 0 Å². The molecule has 1 saturated heterocycles. The van der Waals surface area contributed by atoms with E-state index in [4.69, 9.17) is 4.74 Å². The number of sulfonamides is 1. The normalized spacial score (nSPS) is 14.3. The summed E-state index contributed by atoms with van der Waals surface area (Å²) in [6.07, 6.45) is 0.328. The number of hydrogen-bond donors (Lipinski definition) is 0. The van der Waals surface area contributed by atoms with E-state index in [1.54, 1.807) is 24.0 Å². The summed E-state index contributed by atoms with van der Waals surface area (Å²) in [4.78, 5) is 35.5. The highest BCUT2D eigenvalue weighted by Crippen LogP contribution is 2.30. The molecule has 39 heavy (non-hydrogen) atoms. The fraction of sp³-hybridized carbons (Fsp3) is 0.423. The van der Waals surface area contributed by atoms with Gasteiger partial charge in [-0.25, -0.2) is 18.2 Å². The summed E-state index contributed by atoms with van der Waals surface area (Å²) in [6.45, 7) is 4.19. The number of benzene rings is 2. The summed E-state index contributed by atoms with van der Waals surface area (Å²) in [5.74, 6) is -0.227. The van der Waals surface area contributed by atoms with Gasteiger partial charge in [0.1, 0.15) is 0 Å². The van der Waals surface area contributed by atoms with E-state index in [0.29, 0.717) is 17.2 Å². The van der Waals surface area contributed by atoms with Crippen molar-refractivity contribution >= 4 is 61.1 Å². The van der Waals surface area contributed by atoms with E-state index < -0.39 is 16.1 Å². The van der Waals surface area contributed by atoms with Crippen molar-refractivity contribution in [2.45, 2.75) is 18.2 Å². The Morgan fingerprint density at radius 1 is 1.00 bits per heavy atom. The maximum absolute atomic E-state index is 13.6. The highest BCUT2D eigenvalue weighted by atomic mass is 35.5. The van der Waals surface area contributed by atoms with Crippen LogP contribution in [0.4, 0.5) is 9.93 Å².